The number of hydrogen-bond acceptors (Lipinski definition) is 5. The van der Waals surface area contributed by atoms with Gasteiger partial charge in [-0.3, -0.25) is 0 Å². The molecule has 0 aliphatic carbocycles. The molecule has 6 heteroatoms. The molecule has 5 rings (SSSR count). The molecule has 2 aliphatic rings. The molecule has 6 nitrogen and oxygen atoms in total. The Bertz CT molecular complexity index is 914. The fourth-order valence-electron chi connectivity index (χ4n) is 3.13. The van der Waals surface area contributed by atoms with Crippen LogP contribution >= 0.6 is 0 Å². The van der Waals surface area contributed by atoms with Gasteiger partial charge < -0.3 is 28.7 Å². The Hall–Kier alpha value is -2.76. The van der Waals surface area contributed by atoms with Crippen molar-refractivity contribution in [3.63, 3.8) is 0 Å². The summed E-state index contributed by atoms with van der Waals surface area (Å²) in [7, 11) is 1.64. The second-order valence-corrected chi connectivity index (χ2v) is 5.20. The average Bonchev–Trinajstić information content (AvgIpc) is 3.17. The minimum Gasteiger partial charge on any atom is -0.494 e. The topological polar surface area (TPSA) is 61.9 Å². The summed E-state index contributed by atoms with van der Waals surface area (Å²) < 4.78 is 28.1. The van der Waals surface area contributed by atoms with Crippen LogP contribution in [0.25, 0.3) is 21.8 Å². The lowest BCUT2D eigenvalue weighted by molar-refractivity contribution is 0.173. The van der Waals surface area contributed by atoms with Gasteiger partial charge in [-0.15, -0.1) is 0 Å². The number of ether oxygens (including phenoxy) is 5. The number of aromatic amines is 1. The zero-order valence-corrected chi connectivity index (χ0v) is 11.9. The summed E-state index contributed by atoms with van der Waals surface area (Å²) in [6.07, 6.45) is 0. The van der Waals surface area contributed by atoms with Gasteiger partial charge in [0, 0.05) is 11.5 Å². The SMILES string of the molecule is COc1cc2c(c3c1[nH]c1c4c(ccc13)OCO4)OCCO2. The largest absolute Gasteiger partial charge is 0.494 e. The van der Waals surface area contributed by atoms with Crippen molar-refractivity contribution in [2.45, 2.75) is 0 Å². The van der Waals surface area contributed by atoms with E-state index in [2.05, 4.69) is 4.98 Å². The molecule has 0 atom stereocenters. The second kappa shape index (κ2) is 4.13. The molecule has 22 heavy (non-hydrogen) atoms. The van der Waals surface area contributed by atoms with Crippen LogP contribution in [0.1, 0.15) is 0 Å². The van der Waals surface area contributed by atoms with Crippen LogP contribution in [0.15, 0.2) is 18.2 Å². The van der Waals surface area contributed by atoms with Crippen molar-refractivity contribution in [3.8, 4) is 28.7 Å². The predicted octanol–water partition coefficient (Wildman–Crippen LogP) is 2.83. The molecule has 2 aromatic carbocycles. The van der Waals surface area contributed by atoms with Gasteiger partial charge in [0.25, 0.3) is 0 Å². The van der Waals surface area contributed by atoms with Crippen LogP contribution in [0.3, 0.4) is 0 Å². The standard InChI is InChI=1S/C16H13NO5/c1-18-10-6-11-15(20-5-4-19-11)12-8-2-3-9-16(22-7-21-9)13(8)17-14(10)12/h2-3,6,17H,4-5,7H2,1H3. The molecule has 0 saturated carbocycles. The highest BCUT2D eigenvalue weighted by Gasteiger charge is 2.26. The minimum absolute atomic E-state index is 0.235. The molecule has 0 unspecified atom stereocenters. The number of aromatic nitrogens is 1. The van der Waals surface area contributed by atoms with Crippen molar-refractivity contribution in [1.29, 1.82) is 0 Å². The van der Waals surface area contributed by atoms with Crippen LogP contribution in [0, 0.1) is 0 Å². The smallest absolute Gasteiger partial charge is 0.231 e. The molecular formula is C16H13NO5. The lowest BCUT2D eigenvalue weighted by atomic mass is 10.1. The van der Waals surface area contributed by atoms with Gasteiger partial charge in [-0.2, -0.15) is 0 Å². The maximum atomic E-state index is 5.85. The van der Waals surface area contributed by atoms with Crippen LogP contribution in [0.5, 0.6) is 28.7 Å². The molecule has 3 heterocycles. The fourth-order valence-corrected chi connectivity index (χ4v) is 3.13. The van der Waals surface area contributed by atoms with Gasteiger partial charge in [0.05, 0.1) is 23.5 Å². The van der Waals surface area contributed by atoms with E-state index in [9.17, 15) is 0 Å². The summed E-state index contributed by atoms with van der Waals surface area (Å²) in [5, 5.41) is 1.95. The highest BCUT2D eigenvalue weighted by molar-refractivity contribution is 6.15. The Morgan fingerprint density at radius 3 is 2.77 bits per heavy atom. The van der Waals surface area contributed by atoms with Crippen molar-refractivity contribution >= 4 is 21.8 Å². The van der Waals surface area contributed by atoms with Crippen molar-refractivity contribution < 1.29 is 23.7 Å². The van der Waals surface area contributed by atoms with Crippen molar-refractivity contribution in [2.75, 3.05) is 27.1 Å². The van der Waals surface area contributed by atoms with Gasteiger partial charge in [-0.1, -0.05) is 0 Å². The van der Waals surface area contributed by atoms with Crippen LogP contribution in [-0.2, 0) is 0 Å². The molecule has 2 aliphatic heterocycles. The maximum Gasteiger partial charge on any atom is 0.231 e. The number of nitrogens with one attached hydrogen (secondary N) is 1. The summed E-state index contributed by atoms with van der Waals surface area (Å²) in [6.45, 7) is 1.31. The van der Waals surface area contributed by atoms with Crippen molar-refractivity contribution in [3.05, 3.63) is 18.2 Å². The molecule has 0 saturated heterocycles. The fraction of sp³-hybridized carbons (Fsp3) is 0.250. The highest BCUT2D eigenvalue weighted by Crippen LogP contribution is 2.49. The number of hydrogen-bond donors (Lipinski definition) is 1. The number of H-pyrrole nitrogens is 1. The van der Waals surface area contributed by atoms with Gasteiger partial charge in [-0.25, -0.2) is 0 Å². The van der Waals surface area contributed by atoms with E-state index < -0.39 is 0 Å². The van der Waals surface area contributed by atoms with E-state index in [-0.39, 0.29) is 6.79 Å². The van der Waals surface area contributed by atoms with E-state index >= 15 is 0 Å². The van der Waals surface area contributed by atoms with Gasteiger partial charge >= 0.3 is 0 Å². The molecule has 1 aromatic heterocycles. The summed E-state index contributed by atoms with van der Waals surface area (Å²) in [6, 6.07) is 5.76. The minimum atomic E-state index is 0.235. The Morgan fingerprint density at radius 1 is 0.955 bits per heavy atom. The van der Waals surface area contributed by atoms with E-state index in [1.807, 2.05) is 18.2 Å². The van der Waals surface area contributed by atoms with E-state index in [4.69, 9.17) is 23.7 Å². The third kappa shape index (κ3) is 1.39. The Kier molecular flexibility index (Phi) is 2.22. The van der Waals surface area contributed by atoms with Crippen LogP contribution in [-0.4, -0.2) is 32.1 Å². The first-order valence-electron chi connectivity index (χ1n) is 7.07. The zero-order valence-electron chi connectivity index (χ0n) is 11.9. The number of fused-ring (bicyclic) bond motifs is 7. The van der Waals surface area contributed by atoms with E-state index in [1.165, 1.54) is 0 Å². The monoisotopic (exact) mass is 299 g/mol. The second-order valence-electron chi connectivity index (χ2n) is 5.20. The predicted molar refractivity (Wildman–Crippen MR) is 79.5 cm³/mol. The molecule has 0 radical (unpaired) electrons. The molecular weight excluding hydrogens is 286 g/mol. The normalized spacial score (nSPS) is 15.5. The highest BCUT2D eigenvalue weighted by atomic mass is 16.7. The summed E-state index contributed by atoms with van der Waals surface area (Å²) in [5.41, 5.74) is 1.75. The molecule has 1 N–H and O–H groups in total. The lowest BCUT2D eigenvalue weighted by Gasteiger charge is -2.20. The number of rotatable bonds is 1. The van der Waals surface area contributed by atoms with Crippen LogP contribution in [0.4, 0.5) is 0 Å². The summed E-state index contributed by atoms with van der Waals surface area (Å²) in [4.78, 5) is 3.38. The van der Waals surface area contributed by atoms with Gasteiger partial charge in [0.2, 0.25) is 6.79 Å². The Labute approximate surface area is 125 Å². The van der Waals surface area contributed by atoms with Crippen LogP contribution < -0.4 is 23.7 Å². The zero-order chi connectivity index (χ0) is 14.7. The van der Waals surface area contributed by atoms with Gasteiger partial charge in [-0.05, 0) is 12.1 Å². The first kappa shape index (κ1) is 11.9. The van der Waals surface area contributed by atoms with Gasteiger partial charge in [0.1, 0.15) is 19.0 Å². The summed E-state index contributed by atoms with van der Waals surface area (Å²) >= 11 is 0. The lowest BCUT2D eigenvalue weighted by Crippen LogP contribution is -2.15. The summed E-state index contributed by atoms with van der Waals surface area (Å²) in [5.74, 6) is 3.62. The van der Waals surface area contributed by atoms with E-state index in [0.29, 0.717) is 24.7 Å². The first-order valence-corrected chi connectivity index (χ1v) is 7.07. The Morgan fingerprint density at radius 2 is 1.86 bits per heavy atom. The van der Waals surface area contributed by atoms with Crippen LogP contribution in [0.2, 0.25) is 0 Å². The van der Waals surface area contributed by atoms with Crippen molar-refractivity contribution in [2.24, 2.45) is 0 Å². The molecule has 0 fully saturated rings. The first-order chi connectivity index (χ1) is 10.9. The number of benzene rings is 2. The third-order valence-electron chi connectivity index (χ3n) is 4.08. The molecule has 112 valence electrons. The quantitative estimate of drug-likeness (QED) is 0.748. The molecule has 3 aromatic rings. The van der Waals surface area contributed by atoms with Crippen molar-refractivity contribution in [1.82, 2.24) is 4.98 Å². The molecule has 0 amide bonds. The average molecular weight is 299 g/mol. The molecule has 0 spiro atoms. The maximum absolute atomic E-state index is 5.85. The molecule has 0 bridgehead atoms. The Balaban J connectivity index is 1.96. The third-order valence-corrected chi connectivity index (χ3v) is 4.08. The van der Waals surface area contributed by atoms with Gasteiger partial charge in [0.15, 0.2) is 23.0 Å². The van der Waals surface area contributed by atoms with E-state index in [0.717, 1.165) is 39.1 Å². The van der Waals surface area contributed by atoms with E-state index in [1.54, 1.807) is 7.11 Å². The number of methoxy groups -OCH3 is 1.